The van der Waals surface area contributed by atoms with Gasteiger partial charge in [-0.3, -0.25) is 9.69 Å². The van der Waals surface area contributed by atoms with Crippen molar-refractivity contribution in [2.24, 2.45) is 0 Å². The van der Waals surface area contributed by atoms with Gasteiger partial charge in [-0.15, -0.1) is 0 Å². The van der Waals surface area contributed by atoms with Crippen molar-refractivity contribution in [3.63, 3.8) is 0 Å². The molecule has 6 nitrogen and oxygen atoms in total. The van der Waals surface area contributed by atoms with E-state index in [1.54, 1.807) is 42.2 Å². The zero-order valence-electron chi connectivity index (χ0n) is 23.1. The summed E-state index contributed by atoms with van der Waals surface area (Å²) in [6.45, 7) is 8.71. The predicted molar refractivity (Wildman–Crippen MR) is 163 cm³/mol. The fourth-order valence-electron chi connectivity index (χ4n) is 4.64. The molecule has 0 atom stereocenters. The van der Waals surface area contributed by atoms with Gasteiger partial charge in [0.1, 0.15) is 5.54 Å². The van der Waals surface area contributed by atoms with Crippen LogP contribution in [0.3, 0.4) is 0 Å². The number of nitriles is 2. The Bertz CT molecular complexity index is 1930. The lowest BCUT2D eigenvalue weighted by atomic mass is 9.94. The van der Waals surface area contributed by atoms with Gasteiger partial charge in [0.05, 0.1) is 23.8 Å². The maximum atomic E-state index is 13.6. The van der Waals surface area contributed by atoms with Crippen molar-refractivity contribution in [2.75, 3.05) is 9.80 Å². The second-order valence-electron chi connectivity index (χ2n) is 8.95. The van der Waals surface area contributed by atoms with E-state index in [0.29, 0.717) is 24.1 Å². The number of carbonyl (C=O) groups is 1. The molecule has 10 heteroatoms. The fraction of sp³-hybridized carbons (Fsp3) is 0.206. The molecule has 4 rings (SSSR count). The molecule has 0 radical (unpaired) electrons. The largest absolute Gasteiger partial charge is 0.407 e. The third-order valence-corrected chi connectivity index (χ3v) is 6.81. The first-order valence-electron chi connectivity index (χ1n) is 12.7. The van der Waals surface area contributed by atoms with Crippen molar-refractivity contribution < 1.29 is 18.0 Å². The van der Waals surface area contributed by atoms with E-state index in [1.165, 1.54) is 6.07 Å². The zero-order chi connectivity index (χ0) is 32.2. The molecule has 44 heavy (non-hydrogen) atoms. The third kappa shape index (κ3) is 7.19. The summed E-state index contributed by atoms with van der Waals surface area (Å²) >= 11 is 5.60. The number of rotatable bonds is 2. The van der Waals surface area contributed by atoms with Gasteiger partial charge in [0, 0.05) is 41.0 Å². The highest BCUT2D eigenvalue weighted by Gasteiger charge is 2.57. The van der Waals surface area contributed by atoms with E-state index in [9.17, 15) is 18.0 Å². The molecule has 0 aromatic heterocycles. The number of nitrogens with zero attached hydrogens (tertiary/aromatic N) is 5. The summed E-state index contributed by atoms with van der Waals surface area (Å²) in [5, 5.41) is 17.1. The summed E-state index contributed by atoms with van der Waals surface area (Å²) in [5.41, 5.74) is -1.57. The number of thiocarbonyl (C=S) groups is 1. The zero-order valence-corrected chi connectivity index (χ0v) is 23.9. The molecule has 1 aliphatic heterocycles. The second-order valence-corrected chi connectivity index (χ2v) is 9.32. The van der Waals surface area contributed by atoms with Gasteiger partial charge in [-0.1, -0.05) is 24.8 Å². The van der Waals surface area contributed by atoms with Crippen LogP contribution >= 0.6 is 12.2 Å². The number of hydrogen-bond acceptors (Lipinski definition) is 4. The van der Waals surface area contributed by atoms with Crippen LogP contribution in [0.25, 0.3) is 4.85 Å². The van der Waals surface area contributed by atoms with Crippen LogP contribution in [0.2, 0.25) is 0 Å². The number of halogens is 3. The molecule has 0 N–H and O–H groups in total. The highest BCUT2D eigenvalue weighted by atomic mass is 32.1. The number of carbonyl (C=O) groups excluding carboxylic acids is 1. The summed E-state index contributed by atoms with van der Waals surface area (Å²) in [6.07, 6.45) is -2.11. The van der Waals surface area contributed by atoms with Gasteiger partial charge in [-0.05, 0) is 92.1 Å². The molecule has 2 fully saturated rings. The van der Waals surface area contributed by atoms with Gasteiger partial charge < -0.3 is 4.90 Å². The third-order valence-electron chi connectivity index (χ3n) is 6.44. The average Bonchev–Trinajstić information content (AvgIpc) is 3.58. The SMILES string of the molecule is CC#CC#CC#CC#CC#CC#N.[C-]#[N+]c1ccc(N2C(=O)C3(CCCC3)N(c3ccc(C#N)cc3)C2=S)cc1C(F)(F)F. The molecule has 0 unspecified atom stereocenters. The van der Waals surface area contributed by atoms with E-state index < -0.39 is 23.0 Å². The van der Waals surface area contributed by atoms with Crippen LogP contribution in [0.1, 0.15) is 43.7 Å². The van der Waals surface area contributed by atoms with Crippen LogP contribution in [0.15, 0.2) is 42.5 Å². The summed E-state index contributed by atoms with van der Waals surface area (Å²) in [4.78, 5) is 19.4. The summed E-state index contributed by atoms with van der Waals surface area (Å²) in [7, 11) is 0. The van der Waals surface area contributed by atoms with Crippen LogP contribution in [-0.2, 0) is 11.0 Å². The fourth-order valence-corrected chi connectivity index (χ4v) is 5.11. The van der Waals surface area contributed by atoms with Crippen LogP contribution in [0.5, 0.6) is 0 Å². The molecule has 1 saturated carbocycles. The standard InChI is InChI=1S/C22H15F3N4OS.C12H3N/c1-27-18-9-8-16(12-17(18)22(23,24)25)28-19(30)21(10-2-3-11-21)29(20(28)31)15-6-4-14(13-26)5-7-15;1-2-3-4-5-6-7-8-9-10-11-12-13/h4-9,12H,2-3,10-11H2;1H3. The van der Waals surface area contributed by atoms with E-state index in [-0.39, 0.29) is 16.7 Å². The molecule has 1 saturated heterocycles. The summed E-state index contributed by atoms with van der Waals surface area (Å²) in [6, 6.07) is 13.4. The smallest absolute Gasteiger partial charge is 0.303 e. The van der Waals surface area contributed by atoms with Crippen molar-refractivity contribution in [3.05, 3.63) is 65.0 Å². The molecule has 0 bridgehead atoms. The Morgan fingerprint density at radius 3 is 1.93 bits per heavy atom. The maximum absolute atomic E-state index is 13.6. The van der Waals surface area contributed by atoms with Gasteiger partial charge in [0.25, 0.3) is 5.91 Å². The molecular formula is C34H18F3N5OS. The van der Waals surface area contributed by atoms with Crippen LogP contribution in [0, 0.1) is 88.4 Å². The van der Waals surface area contributed by atoms with Crippen molar-refractivity contribution in [1.82, 2.24) is 0 Å². The number of alkyl halides is 3. The van der Waals surface area contributed by atoms with Crippen molar-refractivity contribution >= 4 is 40.3 Å². The first kappa shape index (κ1) is 32.4. The number of amides is 1. The Kier molecular flexibility index (Phi) is 10.8. The maximum Gasteiger partial charge on any atom is 0.407 e. The molecule has 1 heterocycles. The lowest BCUT2D eigenvalue weighted by Gasteiger charge is -2.32. The molecule has 2 aromatic carbocycles. The van der Waals surface area contributed by atoms with Gasteiger partial charge in [-0.25, -0.2) is 4.85 Å². The Labute approximate surface area is 258 Å². The topological polar surface area (TPSA) is 75.5 Å². The first-order chi connectivity index (χ1) is 21.1. The van der Waals surface area contributed by atoms with Crippen LogP contribution < -0.4 is 9.80 Å². The molecule has 2 aromatic rings. The Morgan fingerprint density at radius 1 is 0.886 bits per heavy atom. The van der Waals surface area contributed by atoms with Gasteiger partial charge >= 0.3 is 6.18 Å². The van der Waals surface area contributed by atoms with E-state index in [1.807, 2.05) is 6.07 Å². The lowest BCUT2D eigenvalue weighted by molar-refractivity contribution is -0.136. The van der Waals surface area contributed by atoms with Gasteiger partial charge in [-0.2, -0.15) is 23.7 Å². The van der Waals surface area contributed by atoms with Gasteiger partial charge in [0.15, 0.2) is 16.9 Å². The normalized spacial score (nSPS) is 13.7. The average molecular weight is 602 g/mol. The van der Waals surface area contributed by atoms with Gasteiger partial charge in [0.2, 0.25) is 0 Å². The predicted octanol–water partition coefficient (Wildman–Crippen LogP) is 6.13. The molecule has 2 aliphatic rings. The minimum absolute atomic E-state index is 0.0165. The van der Waals surface area contributed by atoms with E-state index in [0.717, 1.165) is 29.9 Å². The van der Waals surface area contributed by atoms with Crippen LogP contribution in [0.4, 0.5) is 30.2 Å². The van der Waals surface area contributed by atoms with E-state index >= 15 is 0 Å². The highest BCUT2D eigenvalue weighted by molar-refractivity contribution is 7.81. The number of anilines is 2. The lowest BCUT2D eigenvalue weighted by Crippen LogP contribution is -2.47. The summed E-state index contributed by atoms with van der Waals surface area (Å²) in [5.74, 6) is 23.8. The number of benzene rings is 2. The number of hydrogen-bond donors (Lipinski definition) is 0. The highest BCUT2D eigenvalue weighted by Crippen LogP contribution is 2.47. The minimum Gasteiger partial charge on any atom is -0.303 e. The van der Waals surface area contributed by atoms with Crippen LogP contribution in [-0.4, -0.2) is 16.6 Å². The Balaban J connectivity index is 0.000000345. The molecule has 212 valence electrons. The molecular weight excluding hydrogens is 583 g/mol. The van der Waals surface area contributed by atoms with Crippen molar-refractivity contribution in [3.8, 4) is 71.3 Å². The molecule has 1 aliphatic carbocycles. The first-order valence-corrected chi connectivity index (χ1v) is 13.1. The molecule has 1 amide bonds. The monoisotopic (exact) mass is 601 g/mol. The van der Waals surface area contributed by atoms with Crippen molar-refractivity contribution in [2.45, 2.75) is 44.3 Å². The van der Waals surface area contributed by atoms with Crippen molar-refractivity contribution in [1.29, 1.82) is 10.5 Å². The molecule has 1 spiro atoms. The second kappa shape index (κ2) is 14.7. The van der Waals surface area contributed by atoms with E-state index in [4.69, 9.17) is 29.3 Å². The quantitative estimate of drug-likeness (QED) is 0.235. The minimum atomic E-state index is -4.74. The Morgan fingerprint density at radius 2 is 1.43 bits per heavy atom. The Hall–Kier alpha value is -6.14. The van der Waals surface area contributed by atoms with E-state index in [2.05, 4.69) is 64.0 Å². The summed E-state index contributed by atoms with van der Waals surface area (Å²) < 4.78 is 40.5.